The molecule has 2 heterocycles. The van der Waals surface area contributed by atoms with Crippen LogP contribution < -0.4 is 0 Å². The Kier molecular flexibility index (Phi) is 4.69. The molecule has 2 fully saturated rings. The van der Waals surface area contributed by atoms with Gasteiger partial charge in [0.25, 0.3) is 0 Å². The Morgan fingerprint density at radius 1 is 1.00 bits per heavy atom. The zero-order valence-electron chi connectivity index (χ0n) is 12.6. The van der Waals surface area contributed by atoms with Gasteiger partial charge in [-0.1, -0.05) is 0 Å². The number of carboxylic acid groups (broad SMARTS) is 1. The molecule has 0 aliphatic carbocycles. The average Bonchev–Trinajstić information content (AvgIpc) is 2.66. The minimum atomic E-state index is -0.837. The molecule has 2 saturated heterocycles. The van der Waals surface area contributed by atoms with Crippen LogP contribution in [0.2, 0.25) is 0 Å². The van der Waals surface area contributed by atoms with Gasteiger partial charge in [-0.15, -0.1) is 0 Å². The zero-order valence-corrected chi connectivity index (χ0v) is 12.6. The molecule has 2 aliphatic heterocycles. The van der Waals surface area contributed by atoms with Gasteiger partial charge in [0, 0.05) is 45.7 Å². The number of likely N-dealkylation sites (tertiary alicyclic amines) is 1. The molecule has 2 atom stereocenters. The van der Waals surface area contributed by atoms with Gasteiger partial charge in [-0.05, 0) is 19.8 Å². The standard InChI is InChI=1S/C14H23N3O4/c1-10-12(13(19)20)4-7-17(10)14(21)16-6-3-5-15(8-9-16)11(2)18/h10,12H,3-9H2,1-2H3,(H,19,20). The number of urea groups is 1. The van der Waals surface area contributed by atoms with Crippen LogP contribution >= 0.6 is 0 Å². The molecule has 0 spiro atoms. The van der Waals surface area contributed by atoms with Crippen molar-refractivity contribution in [3.8, 4) is 0 Å². The Morgan fingerprint density at radius 2 is 1.62 bits per heavy atom. The highest BCUT2D eigenvalue weighted by atomic mass is 16.4. The number of carbonyl (C=O) groups is 3. The van der Waals surface area contributed by atoms with E-state index in [4.69, 9.17) is 5.11 Å². The van der Waals surface area contributed by atoms with Crippen molar-refractivity contribution in [2.75, 3.05) is 32.7 Å². The van der Waals surface area contributed by atoms with E-state index in [2.05, 4.69) is 0 Å². The van der Waals surface area contributed by atoms with E-state index in [9.17, 15) is 14.4 Å². The van der Waals surface area contributed by atoms with Crippen LogP contribution in [0.15, 0.2) is 0 Å². The van der Waals surface area contributed by atoms with E-state index in [1.807, 2.05) is 0 Å². The van der Waals surface area contributed by atoms with E-state index in [0.717, 1.165) is 6.42 Å². The lowest BCUT2D eigenvalue weighted by molar-refractivity contribution is -0.142. The molecule has 7 nitrogen and oxygen atoms in total. The van der Waals surface area contributed by atoms with Crippen molar-refractivity contribution < 1.29 is 19.5 Å². The Labute approximate surface area is 124 Å². The van der Waals surface area contributed by atoms with Gasteiger partial charge in [-0.2, -0.15) is 0 Å². The summed E-state index contributed by atoms with van der Waals surface area (Å²) in [6.45, 7) is 6.17. The first-order valence-corrected chi connectivity index (χ1v) is 7.45. The van der Waals surface area contributed by atoms with Crippen LogP contribution in [0.1, 0.15) is 26.7 Å². The summed E-state index contributed by atoms with van der Waals surface area (Å²) in [5.74, 6) is -1.28. The second-order valence-corrected chi connectivity index (χ2v) is 5.80. The SMILES string of the molecule is CC(=O)N1CCCN(C(=O)N2CCC(C(=O)O)C2C)CC1. The maximum atomic E-state index is 12.6. The summed E-state index contributed by atoms with van der Waals surface area (Å²) in [7, 11) is 0. The highest BCUT2D eigenvalue weighted by Gasteiger charge is 2.39. The van der Waals surface area contributed by atoms with Crippen molar-refractivity contribution in [3.63, 3.8) is 0 Å². The van der Waals surface area contributed by atoms with Crippen LogP contribution in [-0.4, -0.2) is 76.5 Å². The number of aliphatic carboxylic acids is 1. The largest absolute Gasteiger partial charge is 0.481 e. The first kappa shape index (κ1) is 15.6. The third-order valence-corrected chi connectivity index (χ3v) is 4.53. The summed E-state index contributed by atoms with van der Waals surface area (Å²) in [4.78, 5) is 40.2. The topological polar surface area (TPSA) is 81.2 Å². The molecule has 2 rings (SSSR count). The quantitative estimate of drug-likeness (QED) is 0.762. The van der Waals surface area contributed by atoms with Crippen LogP contribution in [-0.2, 0) is 9.59 Å². The van der Waals surface area contributed by atoms with Crippen LogP contribution in [0.25, 0.3) is 0 Å². The van der Waals surface area contributed by atoms with E-state index >= 15 is 0 Å². The van der Waals surface area contributed by atoms with E-state index in [-0.39, 0.29) is 18.0 Å². The van der Waals surface area contributed by atoms with Crippen molar-refractivity contribution in [1.82, 2.24) is 14.7 Å². The first-order valence-electron chi connectivity index (χ1n) is 7.45. The lowest BCUT2D eigenvalue weighted by Crippen LogP contribution is -2.47. The van der Waals surface area contributed by atoms with Crippen molar-refractivity contribution >= 4 is 17.9 Å². The number of nitrogens with zero attached hydrogens (tertiary/aromatic N) is 3. The maximum Gasteiger partial charge on any atom is 0.320 e. The number of rotatable bonds is 1. The molecule has 0 aromatic heterocycles. The number of hydrogen-bond donors (Lipinski definition) is 1. The Morgan fingerprint density at radius 3 is 2.19 bits per heavy atom. The number of carbonyl (C=O) groups excluding carboxylic acids is 2. The molecule has 7 heteroatoms. The number of hydrogen-bond acceptors (Lipinski definition) is 3. The zero-order chi connectivity index (χ0) is 15.6. The Balaban J connectivity index is 1.97. The van der Waals surface area contributed by atoms with E-state index in [0.29, 0.717) is 39.1 Å². The highest BCUT2D eigenvalue weighted by molar-refractivity contribution is 5.78. The van der Waals surface area contributed by atoms with E-state index in [1.54, 1.807) is 21.6 Å². The molecule has 2 unspecified atom stereocenters. The summed E-state index contributed by atoms with van der Waals surface area (Å²) < 4.78 is 0. The number of carboxylic acids is 1. The Hall–Kier alpha value is -1.79. The predicted molar refractivity (Wildman–Crippen MR) is 75.8 cm³/mol. The number of amides is 3. The fourth-order valence-corrected chi connectivity index (χ4v) is 3.15. The monoisotopic (exact) mass is 297 g/mol. The van der Waals surface area contributed by atoms with Gasteiger partial charge in [0.15, 0.2) is 0 Å². The van der Waals surface area contributed by atoms with Gasteiger partial charge in [-0.3, -0.25) is 9.59 Å². The minimum Gasteiger partial charge on any atom is -0.481 e. The molecule has 0 aromatic carbocycles. The normalized spacial score (nSPS) is 26.7. The fraction of sp³-hybridized carbons (Fsp3) is 0.786. The molecule has 0 bridgehead atoms. The Bertz CT molecular complexity index is 440. The fourth-order valence-electron chi connectivity index (χ4n) is 3.15. The second-order valence-electron chi connectivity index (χ2n) is 5.80. The van der Waals surface area contributed by atoms with Gasteiger partial charge in [0.1, 0.15) is 0 Å². The van der Waals surface area contributed by atoms with Gasteiger partial charge in [-0.25, -0.2) is 4.79 Å². The molecule has 1 N–H and O–H groups in total. The third kappa shape index (κ3) is 3.28. The van der Waals surface area contributed by atoms with Gasteiger partial charge < -0.3 is 19.8 Å². The lowest BCUT2D eigenvalue weighted by Gasteiger charge is -2.30. The van der Waals surface area contributed by atoms with Crippen LogP contribution in [0.3, 0.4) is 0 Å². The van der Waals surface area contributed by atoms with E-state index in [1.165, 1.54) is 6.92 Å². The van der Waals surface area contributed by atoms with Crippen LogP contribution in [0, 0.1) is 5.92 Å². The molecule has 0 aromatic rings. The highest BCUT2D eigenvalue weighted by Crippen LogP contribution is 2.25. The van der Waals surface area contributed by atoms with Crippen molar-refractivity contribution in [2.24, 2.45) is 5.92 Å². The van der Waals surface area contributed by atoms with Gasteiger partial charge in [0.05, 0.1) is 5.92 Å². The molecule has 2 aliphatic rings. The minimum absolute atomic E-state index is 0.0322. The molecule has 21 heavy (non-hydrogen) atoms. The molecule has 0 saturated carbocycles. The summed E-state index contributed by atoms with van der Waals surface area (Å²) >= 11 is 0. The van der Waals surface area contributed by atoms with Crippen LogP contribution in [0.5, 0.6) is 0 Å². The van der Waals surface area contributed by atoms with Crippen molar-refractivity contribution in [2.45, 2.75) is 32.7 Å². The molecule has 3 amide bonds. The first-order chi connectivity index (χ1) is 9.91. The van der Waals surface area contributed by atoms with Gasteiger partial charge >= 0.3 is 12.0 Å². The molecule has 118 valence electrons. The second kappa shape index (κ2) is 6.32. The predicted octanol–water partition coefficient (Wildman–Crippen LogP) is 0.456. The smallest absolute Gasteiger partial charge is 0.320 e. The summed E-state index contributed by atoms with van der Waals surface area (Å²) in [6, 6.07) is -0.376. The van der Waals surface area contributed by atoms with E-state index < -0.39 is 11.9 Å². The summed E-state index contributed by atoms with van der Waals surface area (Å²) in [5.41, 5.74) is 0. The van der Waals surface area contributed by atoms with Crippen LogP contribution in [0.4, 0.5) is 4.79 Å². The summed E-state index contributed by atoms with van der Waals surface area (Å²) in [5, 5.41) is 9.14. The average molecular weight is 297 g/mol. The van der Waals surface area contributed by atoms with Crippen molar-refractivity contribution in [3.05, 3.63) is 0 Å². The molecule has 0 radical (unpaired) electrons. The molecular weight excluding hydrogens is 274 g/mol. The maximum absolute atomic E-state index is 12.6. The third-order valence-electron chi connectivity index (χ3n) is 4.53. The lowest BCUT2D eigenvalue weighted by atomic mass is 10.0. The van der Waals surface area contributed by atoms with Gasteiger partial charge in [0.2, 0.25) is 5.91 Å². The summed E-state index contributed by atoms with van der Waals surface area (Å²) in [6.07, 6.45) is 1.27. The molecular formula is C14H23N3O4. The van der Waals surface area contributed by atoms with Crippen molar-refractivity contribution in [1.29, 1.82) is 0 Å².